The third-order valence-corrected chi connectivity index (χ3v) is 5.29. The number of benzene rings is 2. The van der Waals surface area contributed by atoms with Gasteiger partial charge in [-0.15, -0.1) is 0 Å². The summed E-state index contributed by atoms with van der Waals surface area (Å²) in [6.45, 7) is 5.73. The van der Waals surface area contributed by atoms with Crippen LogP contribution in [0.3, 0.4) is 0 Å². The number of rotatable bonds is 10. The Labute approximate surface area is 183 Å². The SMILES string of the molecule is CCCNC(=O)c1ccccc1NC(=O)CN(c1cccc(OC(C)C)c1)S(C)(=O)=O. The highest BCUT2D eigenvalue weighted by atomic mass is 32.2. The number of hydrogen-bond acceptors (Lipinski definition) is 5. The van der Waals surface area contributed by atoms with Crippen molar-refractivity contribution in [2.24, 2.45) is 0 Å². The lowest BCUT2D eigenvalue weighted by Crippen LogP contribution is -2.37. The number of amides is 2. The molecule has 0 bridgehead atoms. The highest BCUT2D eigenvalue weighted by molar-refractivity contribution is 7.92. The average Bonchev–Trinajstić information content (AvgIpc) is 2.69. The minimum absolute atomic E-state index is 0.0828. The molecule has 2 amide bonds. The first-order chi connectivity index (χ1) is 14.6. The smallest absolute Gasteiger partial charge is 0.253 e. The molecule has 0 radical (unpaired) electrons. The Morgan fingerprint density at radius 1 is 1.10 bits per heavy atom. The second kappa shape index (κ2) is 10.8. The standard InChI is InChI=1S/C22H29N3O5S/c1-5-13-23-22(27)19-11-6-7-12-20(19)24-21(26)15-25(31(4,28)29)17-9-8-10-18(14-17)30-16(2)3/h6-12,14,16H,5,13,15H2,1-4H3,(H,23,27)(H,24,26). The highest BCUT2D eigenvalue weighted by Gasteiger charge is 2.22. The molecule has 2 N–H and O–H groups in total. The van der Waals surface area contributed by atoms with E-state index in [1.54, 1.807) is 48.5 Å². The third kappa shape index (κ3) is 7.29. The molecule has 2 aromatic rings. The summed E-state index contributed by atoms with van der Waals surface area (Å²) in [5.41, 5.74) is 0.929. The van der Waals surface area contributed by atoms with Gasteiger partial charge in [-0.2, -0.15) is 0 Å². The van der Waals surface area contributed by atoms with E-state index >= 15 is 0 Å². The van der Waals surface area contributed by atoms with E-state index in [4.69, 9.17) is 4.74 Å². The number of anilines is 2. The number of nitrogens with one attached hydrogen (secondary N) is 2. The van der Waals surface area contributed by atoms with Crippen molar-refractivity contribution >= 4 is 33.2 Å². The van der Waals surface area contributed by atoms with Crippen molar-refractivity contribution in [3.8, 4) is 5.75 Å². The minimum Gasteiger partial charge on any atom is -0.491 e. The number of para-hydroxylation sites is 1. The first-order valence-corrected chi connectivity index (χ1v) is 11.9. The van der Waals surface area contributed by atoms with Crippen LogP contribution >= 0.6 is 0 Å². The van der Waals surface area contributed by atoms with E-state index < -0.39 is 22.5 Å². The molecule has 0 unspecified atom stereocenters. The summed E-state index contributed by atoms with van der Waals surface area (Å²) in [7, 11) is -3.75. The zero-order valence-corrected chi connectivity index (χ0v) is 19.0. The van der Waals surface area contributed by atoms with Crippen LogP contribution in [0.1, 0.15) is 37.6 Å². The molecular weight excluding hydrogens is 418 g/mol. The molecule has 2 aromatic carbocycles. The Bertz CT molecular complexity index is 1020. The van der Waals surface area contributed by atoms with Crippen molar-refractivity contribution in [2.45, 2.75) is 33.3 Å². The molecule has 31 heavy (non-hydrogen) atoms. The summed E-state index contributed by atoms with van der Waals surface area (Å²) in [5, 5.41) is 5.41. The monoisotopic (exact) mass is 447 g/mol. The van der Waals surface area contributed by atoms with Gasteiger partial charge in [-0.05, 0) is 44.5 Å². The van der Waals surface area contributed by atoms with Crippen molar-refractivity contribution in [1.82, 2.24) is 5.32 Å². The summed E-state index contributed by atoms with van der Waals surface area (Å²) in [6.07, 6.45) is 1.73. The van der Waals surface area contributed by atoms with Crippen molar-refractivity contribution in [2.75, 3.05) is 29.0 Å². The first-order valence-electron chi connectivity index (χ1n) is 10.0. The quantitative estimate of drug-likeness (QED) is 0.583. The lowest BCUT2D eigenvalue weighted by molar-refractivity contribution is -0.114. The third-order valence-electron chi connectivity index (χ3n) is 4.15. The van der Waals surface area contributed by atoms with Crippen LogP contribution < -0.4 is 19.7 Å². The van der Waals surface area contributed by atoms with Gasteiger partial charge in [-0.25, -0.2) is 8.42 Å². The average molecular weight is 448 g/mol. The molecule has 0 heterocycles. The van der Waals surface area contributed by atoms with E-state index in [0.29, 0.717) is 29.2 Å². The summed E-state index contributed by atoms with van der Waals surface area (Å²) in [5.74, 6) is -0.382. The lowest BCUT2D eigenvalue weighted by Gasteiger charge is -2.23. The Hall–Kier alpha value is -3.07. The van der Waals surface area contributed by atoms with E-state index in [1.165, 1.54) is 0 Å². The number of sulfonamides is 1. The van der Waals surface area contributed by atoms with Crippen LogP contribution in [0.5, 0.6) is 5.75 Å². The molecule has 0 fully saturated rings. The second-order valence-electron chi connectivity index (χ2n) is 7.28. The molecule has 0 aliphatic carbocycles. The predicted octanol–water partition coefficient (Wildman–Crippen LogP) is 3.02. The summed E-state index contributed by atoms with van der Waals surface area (Å²) in [6, 6.07) is 13.1. The van der Waals surface area contributed by atoms with Crippen LogP contribution in [-0.2, 0) is 14.8 Å². The number of ether oxygens (including phenoxy) is 1. The zero-order chi connectivity index (χ0) is 23.0. The number of carbonyl (C=O) groups is 2. The predicted molar refractivity (Wildman–Crippen MR) is 122 cm³/mol. The van der Waals surface area contributed by atoms with Crippen LogP contribution in [0.15, 0.2) is 48.5 Å². The summed E-state index contributed by atoms with van der Waals surface area (Å²) in [4.78, 5) is 25.1. The molecule has 0 saturated heterocycles. The molecule has 9 heteroatoms. The van der Waals surface area contributed by atoms with Gasteiger partial charge >= 0.3 is 0 Å². The number of nitrogens with zero attached hydrogens (tertiary/aromatic N) is 1. The van der Waals surface area contributed by atoms with Crippen molar-refractivity contribution in [1.29, 1.82) is 0 Å². The lowest BCUT2D eigenvalue weighted by atomic mass is 10.1. The largest absolute Gasteiger partial charge is 0.491 e. The van der Waals surface area contributed by atoms with Crippen molar-refractivity contribution in [3.63, 3.8) is 0 Å². The first kappa shape index (κ1) is 24.2. The number of carbonyl (C=O) groups excluding carboxylic acids is 2. The zero-order valence-electron chi connectivity index (χ0n) is 18.2. The van der Waals surface area contributed by atoms with Gasteiger partial charge in [-0.3, -0.25) is 13.9 Å². The fourth-order valence-corrected chi connectivity index (χ4v) is 3.68. The highest BCUT2D eigenvalue weighted by Crippen LogP contribution is 2.24. The minimum atomic E-state index is -3.75. The molecule has 0 aliphatic heterocycles. The summed E-state index contributed by atoms with van der Waals surface area (Å²) >= 11 is 0. The van der Waals surface area contributed by atoms with Gasteiger partial charge in [0.2, 0.25) is 15.9 Å². The maximum Gasteiger partial charge on any atom is 0.253 e. The Morgan fingerprint density at radius 2 is 1.81 bits per heavy atom. The fourth-order valence-electron chi connectivity index (χ4n) is 2.83. The van der Waals surface area contributed by atoms with Crippen LogP contribution in [0.2, 0.25) is 0 Å². The topological polar surface area (TPSA) is 105 Å². The van der Waals surface area contributed by atoms with Gasteiger partial charge in [0, 0.05) is 12.6 Å². The van der Waals surface area contributed by atoms with Gasteiger partial charge < -0.3 is 15.4 Å². The Kier molecular flexibility index (Phi) is 8.44. The maximum atomic E-state index is 12.7. The van der Waals surface area contributed by atoms with Crippen LogP contribution in [0, 0.1) is 0 Å². The molecule has 168 valence electrons. The van der Waals surface area contributed by atoms with E-state index in [1.807, 2.05) is 20.8 Å². The Balaban J connectivity index is 2.23. The molecule has 2 rings (SSSR count). The molecule has 0 spiro atoms. The van der Waals surface area contributed by atoms with Gasteiger partial charge in [0.1, 0.15) is 12.3 Å². The van der Waals surface area contributed by atoms with Crippen molar-refractivity contribution in [3.05, 3.63) is 54.1 Å². The molecular formula is C22H29N3O5S. The van der Waals surface area contributed by atoms with E-state index in [9.17, 15) is 18.0 Å². The normalized spacial score (nSPS) is 11.1. The van der Waals surface area contributed by atoms with Crippen molar-refractivity contribution < 1.29 is 22.7 Å². The van der Waals surface area contributed by atoms with Gasteiger partial charge in [0.15, 0.2) is 0 Å². The van der Waals surface area contributed by atoms with E-state index in [2.05, 4.69) is 10.6 Å². The van der Waals surface area contributed by atoms with Gasteiger partial charge in [-0.1, -0.05) is 25.1 Å². The summed E-state index contributed by atoms with van der Waals surface area (Å²) < 4.78 is 31.4. The molecule has 0 aromatic heterocycles. The molecule has 0 aliphatic rings. The van der Waals surface area contributed by atoms with E-state index in [0.717, 1.165) is 17.0 Å². The molecule has 0 atom stereocenters. The van der Waals surface area contributed by atoms with Crippen LogP contribution in [-0.4, -0.2) is 45.7 Å². The van der Waals surface area contributed by atoms with Gasteiger partial charge in [0.25, 0.3) is 5.91 Å². The van der Waals surface area contributed by atoms with Crippen LogP contribution in [0.25, 0.3) is 0 Å². The fraction of sp³-hybridized carbons (Fsp3) is 0.364. The van der Waals surface area contributed by atoms with E-state index in [-0.39, 0.29) is 12.0 Å². The molecule has 8 nitrogen and oxygen atoms in total. The number of hydrogen-bond donors (Lipinski definition) is 2. The van der Waals surface area contributed by atoms with Crippen LogP contribution in [0.4, 0.5) is 11.4 Å². The maximum absolute atomic E-state index is 12.7. The van der Waals surface area contributed by atoms with Gasteiger partial charge in [0.05, 0.1) is 29.3 Å². The Morgan fingerprint density at radius 3 is 2.45 bits per heavy atom. The second-order valence-corrected chi connectivity index (χ2v) is 9.19. The molecule has 0 saturated carbocycles.